The van der Waals surface area contributed by atoms with E-state index >= 15 is 4.57 Å². The number of anilines is 2. The minimum Gasteiger partial charge on any atom is -0.496 e. The average Bonchev–Trinajstić information content (AvgIpc) is 3.87. The van der Waals surface area contributed by atoms with Crippen LogP contribution < -0.4 is 35.2 Å². The van der Waals surface area contributed by atoms with Crippen LogP contribution >= 0.6 is 29.8 Å². The number of ether oxygens (including phenoxy) is 2. The van der Waals surface area contributed by atoms with E-state index in [-0.39, 0.29) is 5.56 Å². The van der Waals surface area contributed by atoms with E-state index < -0.39 is 19.0 Å². The van der Waals surface area contributed by atoms with Crippen LogP contribution in [0.3, 0.4) is 0 Å². The number of thiophene rings is 2. The summed E-state index contributed by atoms with van der Waals surface area (Å²) in [6.07, 6.45) is 0. The Hall–Kier alpha value is -4.82. The lowest BCUT2D eigenvalue weighted by Gasteiger charge is -2.31. The molecule has 0 atom stereocenters. The number of aromatic carboxylic acids is 1. The van der Waals surface area contributed by atoms with Crippen molar-refractivity contribution < 1.29 is 23.9 Å². The van der Waals surface area contributed by atoms with Crippen molar-refractivity contribution >= 4 is 63.1 Å². The van der Waals surface area contributed by atoms with Gasteiger partial charge >= 0.3 is 5.97 Å². The van der Waals surface area contributed by atoms with E-state index in [4.69, 9.17) is 9.47 Å². The Morgan fingerprint density at radius 3 is 1.46 bits per heavy atom. The normalized spacial score (nSPS) is 16.0. The van der Waals surface area contributed by atoms with E-state index in [1.165, 1.54) is 0 Å². The molecule has 2 aromatic heterocycles. The van der Waals surface area contributed by atoms with Crippen molar-refractivity contribution in [1.29, 1.82) is 0 Å². The first-order valence-electron chi connectivity index (χ1n) is 18.3. The van der Waals surface area contributed by atoms with Gasteiger partial charge in [-0.15, -0.1) is 22.7 Å². The molecule has 0 amide bonds. The van der Waals surface area contributed by atoms with Crippen LogP contribution in [0.15, 0.2) is 103 Å². The van der Waals surface area contributed by atoms with Gasteiger partial charge in [0.15, 0.2) is 7.14 Å². The Morgan fingerprint density at radius 1 is 0.667 bits per heavy atom. The lowest BCUT2D eigenvalue weighted by atomic mass is 9.92. The molecule has 1 aliphatic rings. The molecule has 278 valence electrons. The van der Waals surface area contributed by atoms with Crippen LogP contribution in [0.25, 0.3) is 20.9 Å². The van der Waals surface area contributed by atoms with Crippen molar-refractivity contribution in [3.63, 3.8) is 0 Å². The van der Waals surface area contributed by atoms with Gasteiger partial charge in [0, 0.05) is 78.5 Å². The molecule has 10 heteroatoms. The van der Waals surface area contributed by atoms with Gasteiger partial charge in [0.2, 0.25) is 0 Å². The second kappa shape index (κ2) is 15.5. The number of carboxylic acid groups (broad SMARTS) is 1. The Kier molecular flexibility index (Phi) is 10.8. The molecule has 6 aromatic rings. The summed E-state index contributed by atoms with van der Waals surface area (Å²) >= 11 is 3.26. The zero-order valence-corrected chi connectivity index (χ0v) is 34.0. The first-order valence-corrected chi connectivity index (χ1v) is 21.7. The molecule has 0 saturated heterocycles. The van der Waals surface area contributed by atoms with Crippen molar-refractivity contribution in [2.75, 3.05) is 50.2 Å². The molecule has 4 aromatic carbocycles. The van der Waals surface area contributed by atoms with Crippen molar-refractivity contribution in [3.05, 3.63) is 124 Å². The summed E-state index contributed by atoms with van der Waals surface area (Å²) in [6.45, 7) is 12.3. The van der Waals surface area contributed by atoms with Crippen LogP contribution in [0, 0.1) is 0 Å². The van der Waals surface area contributed by atoms with Gasteiger partial charge in [0.25, 0.3) is 0 Å². The third-order valence-corrected chi connectivity index (χ3v) is 16.4. The van der Waals surface area contributed by atoms with Crippen molar-refractivity contribution in [2.45, 2.75) is 33.6 Å². The molecule has 54 heavy (non-hydrogen) atoms. The van der Waals surface area contributed by atoms with Crippen LogP contribution in [-0.4, -0.2) is 51.5 Å². The summed E-state index contributed by atoms with van der Waals surface area (Å²) in [5.74, 6) is -0.699. The maximum Gasteiger partial charge on any atom is 0.335 e. The summed E-state index contributed by atoms with van der Waals surface area (Å²) in [7, 11) is -0.309. The summed E-state index contributed by atoms with van der Waals surface area (Å²) in [6, 6.07) is 34.4. The number of hydrogen-bond acceptors (Lipinski definition) is 8. The highest BCUT2D eigenvalue weighted by molar-refractivity contribution is 7.86. The monoisotopic (exact) mass is 776 g/mol. The Balaban J connectivity index is 1.50. The maximum absolute atomic E-state index is 16.3. The van der Waals surface area contributed by atoms with Gasteiger partial charge in [-0.25, -0.2) is 4.79 Å². The predicted molar refractivity (Wildman–Crippen MR) is 227 cm³/mol. The van der Waals surface area contributed by atoms with Gasteiger partial charge in [0.05, 0.1) is 25.7 Å². The molecular formula is C44H45N2O5PS2. The molecule has 0 aliphatic carbocycles. The highest BCUT2D eigenvalue weighted by atomic mass is 32.1. The first kappa shape index (κ1) is 37.5. The van der Waals surface area contributed by atoms with Crippen LogP contribution in [0.1, 0.15) is 59.3 Å². The number of carbonyl (C=O) groups is 1. The van der Waals surface area contributed by atoms with Crippen LogP contribution in [-0.2, 0) is 4.57 Å². The van der Waals surface area contributed by atoms with E-state index in [9.17, 15) is 9.90 Å². The fourth-order valence-corrected chi connectivity index (χ4v) is 14.2. The fraction of sp³-hybridized carbons (Fsp3) is 0.250. The van der Waals surface area contributed by atoms with Crippen molar-refractivity contribution in [3.8, 4) is 32.4 Å². The van der Waals surface area contributed by atoms with Gasteiger partial charge in [0.1, 0.15) is 11.5 Å². The molecule has 1 N–H and O–H groups in total. The zero-order valence-electron chi connectivity index (χ0n) is 31.5. The molecule has 1 aliphatic heterocycles. The zero-order chi connectivity index (χ0) is 38.1. The summed E-state index contributed by atoms with van der Waals surface area (Å²) in [5.41, 5.74) is 5.18. The smallest absolute Gasteiger partial charge is 0.335 e. The number of nitrogens with zero attached hydrogens (tertiary/aromatic N) is 2. The Labute approximate surface area is 325 Å². The number of fused-ring (bicyclic) bond motifs is 2. The topological polar surface area (TPSA) is 79.3 Å². The van der Waals surface area contributed by atoms with Gasteiger partial charge in [-0.2, -0.15) is 0 Å². The molecule has 0 fully saturated rings. The minimum atomic E-state index is -3.42. The van der Waals surface area contributed by atoms with Crippen LogP contribution in [0.2, 0.25) is 0 Å². The summed E-state index contributed by atoms with van der Waals surface area (Å²) in [5, 5.41) is 12.4. The third kappa shape index (κ3) is 6.42. The van der Waals surface area contributed by atoms with Gasteiger partial charge in [-0.1, -0.05) is 54.6 Å². The lowest BCUT2D eigenvalue weighted by Crippen LogP contribution is -2.33. The minimum absolute atomic E-state index is 0.0685. The van der Waals surface area contributed by atoms with Crippen molar-refractivity contribution in [2.24, 2.45) is 0 Å². The van der Waals surface area contributed by atoms with E-state index in [0.29, 0.717) is 17.1 Å². The number of carboxylic acids is 1. The molecule has 0 saturated carbocycles. The number of benzene rings is 4. The Morgan fingerprint density at radius 2 is 1.09 bits per heavy atom. The van der Waals surface area contributed by atoms with E-state index in [0.717, 1.165) is 84.1 Å². The fourth-order valence-electron chi connectivity index (χ4n) is 7.61. The van der Waals surface area contributed by atoms with E-state index in [1.807, 2.05) is 30.3 Å². The summed E-state index contributed by atoms with van der Waals surface area (Å²) in [4.78, 5) is 20.8. The molecule has 0 bridgehead atoms. The first-order chi connectivity index (χ1) is 26.2. The van der Waals surface area contributed by atoms with E-state index in [1.54, 1.807) is 49.0 Å². The predicted octanol–water partition coefficient (Wildman–Crippen LogP) is 9.68. The Bertz CT molecular complexity index is 2190. The van der Waals surface area contributed by atoms with Crippen molar-refractivity contribution in [1.82, 2.24) is 0 Å². The molecule has 7 nitrogen and oxygen atoms in total. The third-order valence-electron chi connectivity index (χ3n) is 10.4. The quantitative estimate of drug-likeness (QED) is 0.117. The van der Waals surface area contributed by atoms with E-state index in [2.05, 4.69) is 98.2 Å². The number of rotatable bonds is 13. The maximum atomic E-state index is 16.3. The molecule has 0 spiro atoms. The van der Waals surface area contributed by atoms with Gasteiger partial charge in [-0.05, 0) is 87.4 Å². The standard InChI is InChI=1S/C44H45N2O5PS2/c1-7-45(8-2)31-20-16-28(17-21-31)38-26-36-42(53-38)41(40-34(50-5)24-30(44(47)48)25-35(40)51-6)43-37(52(36,49)33-14-12-11-13-15-33)27-39(54-43)29-18-22-32(23-19-29)46(9-3)10-4/h11-27,41H,7-10H2,1-6H3,(H,47,48). The van der Waals surface area contributed by atoms with Crippen LogP contribution in [0.4, 0.5) is 11.4 Å². The molecule has 0 unspecified atom stereocenters. The molecule has 3 heterocycles. The SMILES string of the molecule is CCN(CC)c1ccc(-c2cc3c(s2)C(c2c(OC)cc(C(=O)O)cc2OC)c2sc(-c4ccc(N(CC)CC)cc4)cc2P3(=O)c2ccccc2)cc1. The second-order valence-corrected chi connectivity index (χ2v) is 18.0. The number of methoxy groups -OCH3 is 2. The second-order valence-electron chi connectivity index (χ2n) is 13.1. The molecular weight excluding hydrogens is 732 g/mol. The largest absolute Gasteiger partial charge is 0.496 e. The highest BCUT2D eigenvalue weighted by Crippen LogP contribution is 2.59. The average molecular weight is 777 g/mol. The number of hydrogen-bond donors (Lipinski definition) is 1. The summed E-state index contributed by atoms with van der Waals surface area (Å²) < 4.78 is 28.3. The van der Waals surface area contributed by atoms with Gasteiger partial charge in [-0.3, -0.25) is 0 Å². The highest BCUT2D eigenvalue weighted by Gasteiger charge is 2.47. The molecule has 7 rings (SSSR count). The van der Waals surface area contributed by atoms with Gasteiger partial charge < -0.3 is 28.9 Å². The lowest BCUT2D eigenvalue weighted by molar-refractivity contribution is 0.0696. The molecule has 0 radical (unpaired) electrons. The van der Waals surface area contributed by atoms with Crippen LogP contribution in [0.5, 0.6) is 11.5 Å².